The van der Waals surface area contributed by atoms with Crippen molar-refractivity contribution in [2.24, 2.45) is 5.73 Å². The molecule has 0 unspecified atom stereocenters. The molecule has 2 amide bonds. The van der Waals surface area contributed by atoms with Crippen LogP contribution < -0.4 is 10.5 Å². The Labute approximate surface area is 122 Å². The molecule has 114 valence electrons. The Morgan fingerprint density at radius 2 is 1.90 bits per heavy atom. The number of rotatable bonds is 7. The molecule has 0 atom stereocenters. The highest BCUT2D eigenvalue weighted by atomic mass is 16.5. The molecule has 7 heteroatoms. The predicted molar refractivity (Wildman–Crippen MR) is 74.7 cm³/mol. The van der Waals surface area contributed by atoms with Crippen LogP contribution in [0.25, 0.3) is 0 Å². The Kier molecular flexibility index (Phi) is 6.19. The number of amides is 2. The molecule has 1 rings (SSSR count). The second-order valence-electron chi connectivity index (χ2n) is 4.29. The zero-order valence-electron chi connectivity index (χ0n) is 12.0. The second-order valence-corrected chi connectivity index (χ2v) is 4.29. The summed E-state index contributed by atoms with van der Waals surface area (Å²) in [6.07, 6.45) is 0.108. The Hall–Kier alpha value is -2.57. The van der Waals surface area contributed by atoms with Crippen molar-refractivity contribution in [1.82, 2.24) is 4.90 Å². The third-order valence-electron chi connectivity index (χ3n) is 2.81. The van der Waals surface area contributed by atoms with Gasteiger partial charge in [-0.3, -0.25) is 14.4 Å². The van der Waals surface area contributed by atoms with Gasteiger partial charge in [0.2, 0.25) is 0 Å². The summed E-state index contributed by atoms with van der Waals surface area (Å²) in [5.74, 6) is -1.09. The summed E-state index contributed by atoms with van der Waals surface area (Å²) in [5.41, 5.74) is 5.42. The maximum atomic E-state index is 11.8. The average Bonchev–Trinajstić information content (AvgIpc) is 2.49. The largest absolute Gasteiger partial charge is 0.483 e. The monoisotopic (exact) mass is 294 g/mol. The minimum atomic E-state index is -0.628. The summed E-state index contributed by atoms with van der Waals surface area (Å²) in [6, 6.07) is 6.40. The van der Waals surface area contributed by atoms with Crippen LogP contribution in [0.2, 0.25) is 0 Å². The molecule has 0 aliphatic heterocycles. The van der Waals surface area contributed by atoms with E-state index >= 15 is 0 Å². The van der Waals surface area contributed by atoms with Crippen LogP contribution in [0.4, 0.5) is 0 Å². The molecule has 1 aromatic carbocycles. The molecule has 0 aliphatic carbocycles. The maximum Gasteiger partial charge on any atom is 0.307 e. The lowest BCUT2D eigenvalue weighted by molar-refractivity contribution is -0.141. The topological polar surface area (TPSA) is 98.9 Å². The smallest absolute Gasteiger partial charge is 0.307 e. The molecular weight excluding hydrogens is 276 g/mol. The summed E-state index contributed by atoms with van der Waals surface area (Å²) < 4.78 is 9.80. The van der Waals surface area contributed by atoms with Crippen LogP contribution >= 0.6 is 0 Å². The van der Waals surface area contributed by atoms with E-state index in [0.29, 0.717) is 0 Å². The molecule has 0 heterocycles. The molecule has 0 saturated carbocycles. The van der Waals surface area contributed by atoms with E-state index in [4.69, 9.17) is 10.5 Å². The minimum Gasteiger partial charge on any atom is -0.483 e. The summed E-state index contributed by atoms with van der Waals surface area (Å²) in [6.45, 7) is -0.0195. The molecule has 0 bridgehead atoms. The normalized spacial score (nSPS) is 9.81. The van der Waals surface area contributed by atoms with Gasteiger partial charge in [-0.2, -0.15) is 0 Å². The minimum absolute atomic E-state index is 0.108. The van der Waals surface area contributed by atoms with Gasteiger partial charge in [-0.05, 0) is 12.1 Å². The number of carbonyl (C=O) groups is 3. The van der Waals surface area contributed by atoms with Gasteiger partial charge in [0.05, 0.1) is 19.1 Å². The number of benzene rings is 1. The highest BCUT2D eigenvalue weighted by Crippen LogP contribution is 2.17. The van der Waals surface area contributed by atoms with Gasteiger partial charge in [-0.15, -0.1) is 0 Å². The Morgan fingerprint density at radius 3 is 2.52 bits per heavy atom. The number of primary amides is 1. The van der Waals surface area contributed by atoms with Crippen LogP contribution in [0.1, 0.15) is 16.8 Å². The van der Waals surface area contributed by atoms with E-state index in [-0.39, 0.29) is 36.8 Å². The fourth-order valence-corrected chi connectivity index (χ4v) is 1.53. The van der Waals surface area contributed by atoms with Crippen molar-refractivity contribution in [3.8, 4) is 5.75 Å². The number of esters is 1. The zero-order chi connectivity index (χ0) is 15.8. The van der Waals surface area contributed by atoms with Gasteiger partial charge in [-0.1, -0.05) is 12.1 Å². The molecule has 0 saturated heterocycles. The zero-order valence-corrected chi connectivity index (χ0v) is 12.0. The summed E-state index contributed by atoms with van der Waals surface area (Å²) in [4.78, 5) is 35.4. The standard InChI is InChI=1S/C14H18N2O5/c1-16(8-7-13(18)20-2)12(17)9-21-11-6-4-3-5-10(11)14(15)19/h3-6H,7-9H2,1-2H3,(H2,15,19). The number of hydrogen-bond donors (Lipinski definition) is 1. The summed E-state index contributed by atoms with van der Waals surface area (Å²) in [5, 5.41) is 0. The number of methoxy groups -OCH3 is 1. The molecule has 0 radical (unpaired) electrons. The fourth-order valence-electron chi connectivity index (χ4n) is 1.53. The first kappa shape index (κ1) is 16.5. The van der Waals surface area contributed by atoms with Crippen LogP contribution in [-0.4, -0.2) is 50.0 Å². The van der Waals surface area contributed by atoms with Gasteiger partial charge in [0, 0.05) is 13.6 Å². The number of para-hydroxylation sites is 1. The van der Waals surface area contributed by atoms with Crippen molar-refractivity contribution in [2.45, 2.75) is 6.42 Å². The quantitative estimate of drug-likeness (QED) is 0.723. The fraction of sp³-hybridized carbons (Fsp3) is 0.357. The molecule has 2 N–H and O–H groups in total. The Bertz CT molecular complexity index is 530. The van der Waals surface area contributed by atoms with Crippen molar-refractivity contribution in [3.05, 3.63) is 29.8 Å². The van der Waals surface area contributed by atoms with E-state index in [9.17, 15) is 14.4 Å². The van der Waals surface area contributed by atoms with Gasteiger partial charge in [0.15, 0.2) is 6.61 Å². The van der Waals surface area contributed by atoms with E-state index in [1.807, 2.05) is 0 Å². The van der Waals surface area contributed by atoms with E-state index in [0.717, 1.165) is 0 Å². The summed E-state index contributed by atoms with van der Waals surface area (Å²) in [7, 11) is 2.84. The molecule has 21 heavy (non-hydrogen) atoms. The van der Waals surface area contributed by atoms with E-state index in [2.05, 4.69) is 4.74 Å². The van der Waals surface area contributed by atoms with Gasteiger partial charge in [0.1, 0.15) is 5.75 Å². The van der Waals surface area contributed by atoms with E-state index in [1.165, 1.54) is 18.1 Å². The number of carbonyl (C=O) groups excluding carboxylic acids is 3. The first-order valence-electron chi connectivity index (χ1n) is 6.28. The van der Waals surface area contributed by atoms with Crippen molar-refractivity contribution in [2.75, 3.05) is 27.3 Å². The lowest BCUT2D eigenvalue weighted by atomic mass is 10.2. The first-order valence-corrected chi connectivity index (χ1v) is 6.28. The molecule has 0 aromatic heterocycles. The third kappa shape index (κ3) is 5.13. The highest BCUT2D eigenvalue weighted by Gasteiger charge is 2.14. The van der Waals surface area contributed by atoms with E-state index in [1.54, 1.807) is 25.2 Å². The van der Waals surface area contributed by atoms with Crippen molar-refractivity contribution in [3.63, 3.8) is 0 Å². The third-order valence-corrected chi connectivity index (χ3v) is 2.81. The number of nitrogens with two attached hydrogens (primary N) is 1. The lowest BCUT2D eigenvalue weighted by Crippen LogP contribution is -2.33. The number of hydrogen-bond acceptors (Lipinski definition) is 5. The van der Waals surface area contributed by atoms with Gasteiger partial charge in [0.25, 0.3) is 11.8 Å². The number of likely N-dealkylation sites (N-methyl/N-ethyl adjacent to an activating group) is 1. The summed E-state index contributed by atoms with van der Waals surface area (Å²) >= 11 is 0. The second kappa shape index (κ2) is 7.88. The van der Waals surface area contributed by atoms with E-state index < -0.39 is 11.9 Å². The predicted octanol–water partition coefficient (Wildman–Crippen LogP) is 0.186. The molecule has 1 aromatic rings. The molecule has 0 fully saturated rings. The Morgan fingerprint density at radius 1 is 1.24 bits per heavy atom. The lowest BCUT2D eigenvalue weighted by Gasteiger charge is -2.17. The maximum absolute atomic E-state index is 11.8. The highest BCUT2D eigenvalue weighted by molar-refractivity contribution is 5.95. The van der Waals surface area contributed by atoms with Crippen LogP contribution in [0.5, 0.6) is 5.75 Å². The number of ether oxygens (including phenoxy) is 2. The van der Waals surface area contributed by atoms with Gasteiger partial charge < -0.3 is 20.1 Å². The number of nitrogens with zero attached hydrogens (tertiary/aromatic N) is 1. The van der Waals surface area contributed by atoms with Gasteiger partial charge >= 0.3 is 5.97 Å². The molecule has 7 nitrogen and oxygen atoms in total. The average molecular weight is 294 g/mol. The van der Waals surface area contributed by atoms with Crippen LogP contribution in [0.3, 0.4) is 0 Å². The van der Waals surface area contributed by atoms with Crippen LogP contribution in [-0.2, 0) is 14.3 Å². The van der Waals surface area contributed by atoms with Crippen LogP contribution in [0, 0.1) is 0 Å². The van der Waals surface area contributed by atoms with Crippen molar-refractivity contribution >= 4 is 17.8 Å². The SMILES string of the molecule is COC(=O)CCN(C)C(=O)COc1ccccc1C(N)=O. The van der Waals surface area contributed by atoms with Gasteiger partial charge in [-0.25, -0.2) is 0 Å². The first-order chi connectivity index (χ1) is 9.95. The Balaban J connectivity index is 2.53. The van der Waals surface area contributed by atoms with Crippen LogP contribution in [0.15, 0.2) is 24.3 Å². The van der Waals surface area contributed by atoms with Crippen molar-refractivity contribution in [1.29, 1.82) is 0 Å². The molecular formula is C14H18N2O5. The molecule has 0 spiro atoms. The molecule has 0 aliphatic rings. The van der Waals surface area contributed by atoms with Crippen molar-refractivity contribution < 1.29 is 23.9 Å².